The molecule has 0 saturated heterocycles. The SMILES string of the molecule is Nc1ccc(Cl)cc1NC(=O)CCOc1cncc(Br)c1. The molecule has 0 aliphatic heterocycles. The van der Waals surface area contributed by atoms with Gasteiger partial charge in [0.1, 0.15) is 5.75 Å². The Morgan fingerprint density at radius 3 is 2.95 bits per heavy atom. The fraction of sp³-hybridized carbons (Fsp3) is 0.143. The van der Waals surface area contributed by atoms with Crippen LogP contribution >= 0.6 is 27.5 Å². The van der Waals surface area contributed by atoms with Crippen LogP contribution in [0.15, 0.2) is 41.1 Å². The van der Waals surface area contributed by atoms with Gasteiger partial charge < -0.3 is 15.8 Å². The number of hydrogen-bond acceptors (Lipinski definition) is 4. The number of nitrogens with zero attached hydrogens (tertiary/aromatic N) is 1. The molecule has 5 nitrogen and oxygen atoms in total. The number of aromatic nitrogens is 1. The summed E-state index contributed by atoms with van der Waals surface area (Å²) in [6.07, 6.45) is 3.43. The second kappa shape index (κ2) is 7.28. The lowest BCUT2D eigenvalue weighted by molar-refractivity contribution is -0.116. The number of rotatable bonds is 5. The molecule has 0 radical (unpaired) electrons. The number of pyridine rings is 1. The van der Waals surface area contributed by atoms with Gasteiger partial charge in [0, 0.05) is 15.7 Å². The fourth-order valence-electron chi connectivity index (χ4n) is 1.58. The average molecular weight is 371 g/mol. The molecule has 1 heterocycles. The van der Waals surface area contributed by atoms with Crippen molar-refractivity contribution < 1.29 is 9.53 Å². The zero-order valence-corrected chi connectivity index (χ0v) is 13.3. The zero-order chi connectivity index (χ0) is 15.2. The summed E-state index contributed by atoms with van der Waals surface area (Å²) < 4.78 is 6.25. The molecule has 1 aromatic carbocycles. The van der Waals surface area contributed by atoms with E-state index in [1.807, 2.05) is 0 Å². The highest BCUT2D eigenvalue weighted by Gasteiger charge is 2.06. The van der Waals surface area contributed by atoms with Crippen LogP contribution < -0.4 is 15.8 Å². The number of ether oxygens (including phenoxy) is 1. The number of carbonyl (C=O) groups excluding carboxylic acids is 1. The van der Waals surface area contributed by atoms with E-state index in [2.05, 4.69) is 26.2 Å². The van der Waals surface area contributed by atoms with Crippen molar-refractivity contribution >= 4 is 44.8 Å². The standard InChI is InChI=1S/C14H13BrClN3O2/c15-9-5-11(8-18-7-9)21-4-3-14(20)19-13-6-10(16)1-2-12(13)17/h1-2,5-8H,3-4,17H2,(H,19,20). The Balaban J connectivity index is 1.84. The Labute approximate surface area is 135 Å². The van der Waals surface area contributed by atoms with E-state index in [1.165, 1.54) is 0 Å². The van der Waals surface area contributed by atoms with Crippen molar-refractivity contribution in [1.29, 1.82) is 0 Å². The van der Waals surface area contributed by atoms with Gasteiger partial charge in [-0.25, -0.2) is 0 Å². The second-order valence-corrected chi connectivity index (χ2v) is 5.57. The van der Waals surface area contributed by atoms with Gasteiger partial charge in [-0.1, -0.05) is 11.6 Å². The zero-order valence-electron chi connectivity index (χ0n) is 11.0. The van der Waals surface area contributed by atoms with Crippen LogP contribution in [0, 0.1) is 0 Å². The molecule has 0 unspecified atom stereocenters. The molecule has 2 rings (SSSR count). The van der Waals surface area contributed by atoms with Crippen LogP contribution in [-0.4, -0.2) is 17.5 Å². The van der Waals surface area contributed by atoms with Crippen molar-refractivity contribution in [2.24, 2.45) is 0 Å². The normalized spacial score (nSPS) is 10.2. The number of carbonyl (C=O) groups is 1. The third kappa shape index (κ3) is 4.91. The van der Waals surface area contributed by atoms with Gasteiger partial charge in [0.05, 0.1) is 30.6 Å². The van der Waals surface area contributed by atoms with Gasteiger partial charge in [0.2, 0.25) is 5.91 Å². The summed E-state index contributed by atoms with van der Waals surface area (Å²) in [5.74, 6) is 0.395. The summed E-state index contributed by atoms with van der Waals surface area (Å²) in [4.78, 5) is 15.8. The number of amides is 1. The van der Waals surface area contributed by atoms with E-state index < -0.39 is 0 Å². The highest BCUT2D eigenvalue weighted by Crippen LogP contribution is 2.23. The van der Waals surface area contributed by atoms with E-state index in [9.17, 15) is 4.79 Å². The molecule has 0 saturated carbocycles. The molecule has 0 aliphatic carbocycles. The Morgan fingerprint density at radius 2 is 2.19 bits per heavy atom. The van der Waals surface area contributed by atoms with Crippen molar-refractivity contribution in [1.82, 2.24) is 4.98 Å². The predicted octanol–water partition coefficient (Wildman–Crippen LogP) is 3.49. The van der Waals surface area contributed by atoms with E-state index >= 15 is 0 Å². The minimum atomic E-state index is -0.202. The van der Waals surface area contributed by atoms with Crippen molar-refractivity contribution in [3.8, 4) is 5.75 Å². The second-order valence-electron chi connectivity index (χ2n) is 4.22. The number of benzene rings is 1. The van der Waals surface area contributed by atoms with Crippen molar-refractivity contribution in [2.75, 3.05) is 17.7 Å². The van der Waals surface area contributed by atoms with Crippen LogP contribution in [0.5, 0.6) is 5.75 Å². The number of nitrogen functional groups attached to an aromatic ring is 1. The molecule has 1 amide bonds. The lowest BCUT2D eigenvalue weighted by atomic mass is 10.2. The van der Waals surface area contributed by atoms with Gasteiger partial charge in [0.25, 0.3) is 0 Å². The first-order valence-electron chi connectivity index (χ1n) is 6.13. The van der Waals surface area contributed by atoms with E-state index in [0.29, 0.717) is 22.1 Å². The summed E-state index contributed by atoms with van der Waals surface area (Å²) in [5.41, 5.74) is 6.72. The van der Waals surface area contributed by atoms with E-state index in [1.54, 1.807) is 36.7 Å². The molecular formula is C14H13BrClN3O2. The molecule has 0 fully saturated rings. The van der Waals surface area contributed by atoms with Crippen molar-refractivity contribution in [3.05, 3.63) is 46.2 Å². The number of halogens is 2. The fourth-order valence-corrected chi connectivity index (χ4v) is 2.10. The van der Waals surface area contributed by atoms with Gasteiger partial charge >= 0.3 is 0 Å². The number of nitrogens with one attached hydrogen (secondary N) is 1. The van der Waals surface area contributed by atoms with Crippen LogP contribution in [0.1, 0.15) is 6.42 Å². The van der Waals surface area contributed by atoms with Crippen LogP contribution in [0.4, 0.5) is 11.4 Å². The number of hydrogen-bond donors (Lipinski definition) is 2. The lowest BCUT2D eigenvalue weighted by Crippen LogP contribution is -2.16. The molecule has 7 heteroatoms. The smallest absolute Gasteiger partial charge is 0.227 e. The maximum absolute atomic E-state index is 11.8. The topological polar surface area (TPSA) is 77.2 Å². The molecule has 0 aliphatic rings. The highest BCUT2D eigenvalue weighted by atomic mass is 79.9. The van der Waals surface area contributed by atoms with E-state index in [0.717, 1.165) is 4.47 Å². The molecule has 2 aromatic rings. The number of anilines is 2. The first-order valence-corrected chi connectivity index (χ1v) is 7.30. The Bertz CT molecular complexity index is 652. The van der Waals surface area contributed by atoms with Gasteiger partial charge in [-0.15, -0.1) is 0 Å². The lowest BCUT2D eigenvalue weighted by Gasteiger charge is -2.09. The monoisotopic (exact) mass is 369 g/mol. The molecular weight excluding hydrogens is 358 g/mol. The van der Waals surface area contributed by atoms with Gasteiger partial charge in [0.15, 0.2) is 0 Å². The largest absolute Gasteiger partial charge is 0.491 e. The highest BCUT2D eigenvalue weighted by molar-refractivity contribution is 9.10. The molecule has 110 valence electrons. The van der Waals surface area contributed by atoms with E-state index in [4.69, 9.17) is 22.1 Å². The molecule has 3 N–H and O–H groups in total. The van der Waals surface area contributed by atoms with E-state index in [-0.39, 0.29) is 18.9 Å². The molecule has 21 heavy (non-hydrogen) atoms. The molecule has 0 atom stereocenters. The molecule has 0 bridgehead atoms. The summed E-state index contributed by atoms with van der Waals surface area (Å²) >= 11 is 9.15. The maximum Gasteiger partial charge on any atom is 0.227 e. The number of nitrogens with two attached hydrogens (primary N) is 1. The maximum atomic E-state index is 11.8. The van der Waals surface area contributed by atoms with Crippen LogP contribution in [-0.2, 0) is 4.79 Å². The third-order valence-corrected chi connectivity index (χ3v) is 3.24. The summed E-state index contributed by atoms with van der Waals surface area (Å²) in [7, 11) is 0. The van der Waals surface area contributed by atoms with Crippen LogP contribution in [0.2, 0.25) is 5.02 Å². The first-order chi connectivity index (χ1) is 10.0. The molecule has 1 aromatic heterocycles. The van der Waals surface area contributed by atoms with Crippen molar-refractivity contribution in [3.63, 3.8) is 0 Å². The third-order valence-electron chi connectivity index (χ3n) is 2.57. The minimum absolute atomic E-state index is 0.193. The van der Waals surface area contributed by atoms with Crippen LogP contribution in [0.25, 0.3) is 0 Å². The summed E-state index contributed by atoms with van der Waals surface area (Å²) in [6, 6.07) is 6.69. The Morgan fingerprint density at radius 1 is 1.38 bits per heavy atom. The van der Waals surface area contributed by atoms with Gasteiger partial charge in [-0.3, -0.25) is 9.78 Å². The summed E-state index contributed by atoms with van der Waals surface area (Å²) in [6.45, 7) is 0.241. The van der Waals surface area contributed by atoms with Crippen molar-refractivity contribution in [2.45, 2.75) is 6.42 Å². The quantitative estimate of drug-likeness (QED) is 0.790. The Kier molecular flexibility index (Phi) is 5.41. The van der Waals surface area contributed by atoms with Crippen LogP contribution in [0.3, 0.4) is 0 Å². The van der Waals surface area contributed by atoms with Gasteiger partial charge in [-0.05, 0) is 40.2 Å². The predicted molar refractivity (Wildman–Crippen MR) is 86.5 cm³/mol. The van der Waals surface area contributed by atoms with Gasteiger partial charge in [-0.2, -0.15) is 0 Å². The first kappa shape index (κ1) is 15.6. The Hall–Kier alpha value is -1.79. The summed E-state index contributed by atoms with van der Waals surface area (Å²) in [5, 5.41) is 3.21. The molecule has 0 spiro atoms. The average Bonchev–Trinajstić information content (AvgIpc) is 2.43. The minimum Gasteiger partial charge on any atom is -0.491 e.